The molecule has 110 valence electrons. The summed E-state index contributed by atoms with van der Waals surface area (Å²) in [6, 6.07) is 10.9. The standard InChI is InChI=1S/C14H11FO4S2/c15-10-6-7-12-13(8-10)20(16,17)9-14(12)21(18,19)11-4-2-1-3-5-11/h1-8,14H,9H2. The molecule has 0 saturated heterocycles. The number of rotatable bonds is 2. The molecule has 2 aromatic carbocycles. The molecule has 7 heteroatoms. The normalized spacial score (nSPS) is 20.1. The molecule has 0 aromatic heterocycles. The van der Waals surface area contributed by atoms with Crippen LogP contribution in [0.1, 0.15) is 10.8 Å². The van der Waals surface area contributed by atoms with Crippen LogP contribution in [0.5, 0.6) is 0 Å². The van der Waals surface area contributed by atoms with Crippen LogP contribution in [0.15, 0.2) is 58.3 Å². The lowest BCUT2D eigenvalue weighted by atomic mass is 10.2. The van der Waals surface area contributed by atoms with Gasteiger partial charge < -0.3 is 0 Å². The van der Waals surface area contributed by atoms with E-state index in [9.17, 15) is 21.2 Å². The zero-order valence-electron chi connectivity index (χ0n) is 10.7. The Morgan fingerprint density at radius 2 is 1.71 bits per heavy atom. The molecule has 0 aliphatic carbocycles. The van der Waals surface area contributed by atoms with Gasteiger partial charge in [0.05, 0.1) is 15.5 Å². The van der Waals surface area contributed by atoms with Gasteiger partial charge in [-0.25, -0.2) is 21.2 Å². The first kappa shape index (κ1) is 14.2. The first-order valence-corrected chi connectivity index (χ1v) is 9.33. The summed E-state index contributed by atoms with van der Waals surface area (Å²) in [6.45, 7) is 0. The summed E-state index contributed by atoms with van der Waals surface area (Å²) in [5.74, 6) is -1.25. The Hall–Kier alpha value is -1.73. The number of halogens is 1. The second kappa shape index (κ2) is 4.64. The third-order valence-electron chi connectivity index (χ3n) is 3.47. The first-order valence-electron chi connectivity index (χ1n) is 6.13. The SMILES string of the molecule is O=S1(=O)CC(S(=O)(=O)c2ccccc2)c2ccc(F)cc21. The van der Waals surface area contributed by atoms with E-state index in [2.05, 4.69) is 0 Å². The topological polar surface area (TPSA) is 68.3 Å². The molecule has 21 heavy (non-hydrogen) atoms. The Kier molecular flexibility index (Phi) is 3.14. The highest BCUT2D eigenvalue weighted by atomic mass is 32.2. The summed E-state index contributed by atoms with van der Waals surface area (Å²) < 4.78 is 62.6. The molecule has 0 saturated carbocycles. The second-order valence-corrected chi connectivity index (χ2v) is 8.94. The fourth-order valence-electron chi connectivity index (χ4n) is 2.45. The zero-order chi connectivity index (χ0) is 15.3. The highest BCUT2D eigenvalue weighted by molar-refractivity contribution is 7.96. The van der Waals surface area contributed by atoms with Crippen molar-refractivity contribution in [3.63, 3.8) is 0 Å². The van der Waals surface area contributed by atoms with Crippen LogP contribution in [-0.4, -0.2) is 22.6 Å². The van der Waals surface area contributed by atoms with Crippen LogP contribution in [0.25, 0.3) is 0 Å². The Morgan fingerprint density at radius 1 is 1.05 bits per heavy atom. The summed E-state index contributed by atoms with van der Waals surface area (Å²) in [7, 11) is -7.63. The number of hydrogen-bond acceptors (Lipinski definition) is 4. The largest absolute Gasteiger partial charge is 0.224 e. The highest BCUT2D eigenvalue weighted by Gasteiger charge is 2.43. The maximum Gasteiger partial charge on any atom is 0.186 e. The maximum absolute atomic E-state index is 13.2. The Balaban J connectivity index is 2.20. The van der Waals surface area contributed by atoms with Gasteiger partial charge in [-0.3, -0.25) is 0 Å². The predicted molar refractivity (Wildman–Crippen MR) is 74.8 cm³/mol. The van der Waals surface area contributed by atoms with Gasteiger partial charge in [-0.05, 0) is 29.8 Å². The third-order valence-corrected chi connectivity index (χ3v) is 7.58. The van der Waals surface area contributed by atoms with Gasteiger partial charge in [-0.2, -0.15) is 0 Å². The van der Waals surface area contributed by atoms with Crippen molar-refractivity contribution in [3.05, 3.63) is 59.9 Å². The van der Waals surface area contributed by atoms with E-state index in [1.165, 1.54) is 18.2 Å². The number of benzene rings is 2. The lowest BCUT2D eigenvalue weighted by Gasteiger charge is -2.11. The van der Waals surface area contributed by atoms with E-state index >= 15 is 0 Å². The molecule has 0 bridgehead atoms. The third kappa shape index (κ3) is 2.26. The molecular formula is C14H11FO4S2. The van der Waals surface area contributed by atoms with E-state index in [1.54, 1.807) is 18.2 Å². The molecule has 3 rings (SSSR count). The van der Waals surface area contributed by atoms with Gasteiger partial charge in [0.2, 0.25) is 0 Å². The molecule has 1 aliphatic rings. The maximum atomic E-state index is 13.2. The molecular weight excluding hydrogens is 315 g/mol. The Bertz CT molecular complexity index is 903. The van der Waals surface area contributed by atoms with Gasteiger partial charge in [0.15, 0.2) is 19.7 Å². The minimum atomic E-state index is -3.84. The minimum absolute atomic E-state index is 0.0578. The molecule has 2 aromatic rings. The van der Waals surface area contributed by atoms with E-state index in [0.717, 1.165) is 12.1 Å². The number of sulfone groups is 2. The smallest absolute Gasteiger partial charge is 0.186 e. The van der Waals surface area contributed by atoms with Gasteiger partial charge in [0, 0.05) is 0 Å². The molecule has 0 amide bonds. The van der Waals surface area contributed by atoms with E-state index in [1.807, 2.05) is 0 Å². The number of hydrogen-bond donors (Lipinski definition) is 0. The van der Waals surface area contributed by atoms with Gasteiger partial charge in [0.25, 0.3) is 0 Å². The van der Waals surface area contributed by atoms with Gasteiger partial charge >= 0.3 is 0 Å². The zero-order valence-corrected chi connectivity index (χ0v) is 12.4. The van der Waals surface area contributed by atoms with Crippen molar-refractivity contribution in [3.8, 4) is 0 Å². The van der Waals surface area contributed by atoms with Crippen LogP contribution < -0.4 is 0 Å². The monoisotopic (exact) mass is 326 g/mol. The summed E-state index contributed by atoms with van der Waals surface area (Å²) >= 11 is 0. The van der Waals surface area contributed by atoms with E-state index in [4.69, 9.17) is 0 Å². The van der Waals surface area contributed by atoms with Crippen molar-refractivity contribution in [1.82, 2.24) is 0 Å². The average molecular weight is 326 g/mol. The molecule has 4 nitrogen and oxygen atoms in total. The van der Waals surface area contributed by atoms with Crippen molar-refractivity contribution in [2.45, 2.75) is 15.0 Å². The molecule has 1 unspecified atom stereocenters. The molecule has 0 spiro atoms. The molecule has 1 atom stereocenters. The van der Waals surface area contributed by atoms with Gasteiger partial charge in [0.1, 0.15) is 11.1 Å². The first-order chi connectivity index (χ1) is 9.82. The van der Waals surface area contributed by atoms with Crippen molar-refractivity contribution in [2.24, 2.45) is 0 Å². The lowest BCUT2D eigenvalue weighted by molar-refractivity contribution is 0.582. The summed E-state index contributed by atoms with van der Waals surface area (Å²) in [5, 5.41) is -1.19. The van der Waals surface area contributed by atoms with Crippen molar-refractivity contribution >= 4 is 19.7 Å². The minimum Gasteiger partial charge on any atom is -0.224 e. The Morgan fingerprint density at radius 3 is 2.38 bits per heavy atom. The van der Waals surface area contributed by atoms with E-state index in [0.29, 0.717) is 0 Å². The molecule has 0 N–H and O–H groups in total. The molecule has 0 fully saturated rings. The van der Waals surface area contributed by atoms with Crippen LogP contribution in [-0.2, 0) is 19.7 Å². The molecule has 0 radical (unpaired) electrons. The highest BCUT2D eigenvalue weighted by Crippen LogP contribution is 2.41. The van der Waals surface area contributed by atoms with Crippen molar-refractivity contribution < 1.29 is 21.2 Å². The summed E-state index contributed by atoms with van der Waals surface area (Å²) in [5.41, 5.74) is 0.139. The van der Waals surface area contributed by atoms with E-state index in [-0.39, 0.29) is 15.4 Å². The molecule has 1 aliphatic heterocycles. The van der Waals surface area contributed by atoms with Crippen LogP contribution in [0.4, 0.5) is 4.39 Å². The summed E-state index contributed by atoms with van der Waals surface area (Å²) in [4.78, 5) is -0.172. The van der Waals surface area contributed by atoms with Crippen LogP contribution >= 0.6 is 0 Å². The summed E-state index contributed by atoms with van der Waals surface area (Å²) in [6.07, 6.45) is 0. The van der Waals surface area contributed by atoms with Crippen LogP contribution in [0.2, 0.25) is 0 Å². The van der Waals surface area contributed by atoms with Gasteiger partial charge in [-0.15, -0.1) is 0 Å². The molecule has 1 heterocycles. The van der Waals surface area contributed by atoms with Crippen LogP contribution in [0, 0.1) is 5.82 Å². The fourth-order valence-corrected chi connectivity index (χ4v) is 6.81. The van der Waals surface area contributed by atoms with E-state index < -0.39 is 36.5 Å². The average Bonchev–Trinajstić information content (AvgIpc) is 2.72. The second-order valence-electron chi connectivity index (χ2n) is 4.81. The quantitative estimate of drug-likeness (QED) is 0.848. The van der Waals surface area contributed by atoms with Crippen LogP contribution in [0.3, 0.4) is 0 Å². The van der Waals surface area contributed by atoms with Gasteiger partial charge in [-0.1, -0.05) is 24.3 Å². The van der Waals surface area contributed by atoms with Crippen molar-refractivity contribution in [2.75, 3.05) is 5.75 Å². The number of fused-ring (bicyclic) bond motifs is 1. The Labute approximate surface area is 122 Å². The fraction of sp³-hybridized carbons (Fsp3) is 0.143. The lowest BCUT2D eigenvalue weighted by Crippen LogP contribution is -2.15. The van der Waals surface area contributed by atoms with Crippen molar-refractivity contribution in [1.29, 1.82) is 0 Å². The predicted octanol–water partition coefficient (Wildman–Crippen LogP) is 2.13.